The molecule has 0 unspecified atom stereocenters. The number of carbonyl (C=O) groups excluding carboxylic acids is 2. The first-order valence-electron chi connectivity index (χ1n) is 13.9. The number of ketones is 1. The van der Waals surface area contributed by atoms with Crippen LogP contribution in [0.15, 0.2) is 94.3 Å². The summed E-state index contributed by atoms with van der Waals surface area (Å²) >= 11 is 3.78. The molecule has 0 aliphatic heterocycles. The number of halogens is 1. The van der Waals surface area contributed by atoms with Crippen LogP contribution in [0.2, 0.25) is 0 Å². The fourth-order valence-electron chi connectivity index (χ4n) is 8.16. The van der Waals surface area contributed by atoms with Gasteiger partial charge in [-0.3, -0.25) is 9.59 Å². The summed E-state index contributed by atoms with van der Waals surface area (Å²) in [6, 6.07) is 21.0. The number of esters is 1. The van der Waals surface area contributed by atoms with Gasteiger partial charge in [0.15, 0.2) is 11.5 Å². The maximum Gasteiger partial charge on any atom is 0.303 e. The van der Waals surface area contributed by atoms with Gasteiger partial charge in [-0.25, -0.2) is 4.39 Å². The van der Waals surface area contributed by atoms with Gasteiger partial charge < -0.3 is 4.74 Å². The first kappa shape index (κ1) is 26.9. The van der Waals surface area contributed by atoms with E-state index in [4.69, 9.17) is 4.74 Å². The number of hydrogen-bond donors (Lipinski definition) is 0. The monoisotopic (exact) mass is 562 g/mol. The molecule has 4 aliphatic carbocycles. The van der Waals surface area contributed by atoms with Gasteiger partial charge in [0, 0.05) is 28.0 Å². The average molecular weight is 563 g/mol. The maximum absolute atomic E-state index is 18.1. The molecule has 2 aromatic carbocycles. The minimum atomic E-state index is -1.78. The van der Waals surface area contributed by atoms with E-state index in [9.17, 15) is 9.59 Å². The lowest BCUT2D eigenvalue weighted by Crippen LogP contribution is -2.68. The van der Waals surface area contributed by atoms with Gasteiger partial charge in [0.1, 0.15) is 6.10 Å². The van der Waals surface area contributed by atoms with Crippen LogP contribution in [0.5, 0.6) is 0 Å². The highest BCUT2D eigenvalue weighted by Crippen LogP contribution is 2.75. The molecule has 3 fully saturated rings. The number of carbonyl (C=O) groups is 2. The summed E-state index contributed by atoms with van der Waals surface area (Å²) in [5.41, 5.74) is -2.23. The summed E-state index contributed by atoms with van der Waals surface area (Å²) < 4.78 is 23.8. The Morgan fingerprint density at radius 3 is 2.15 bits per heavy atom. The predicted molar refractivity (Wildman–Crippen MR) is 155 cm³/mol. The van der Waals surface area contributed by atoms with E-state index < -0.39 is 23.2 Å². The van der Waals surface area contributed by atoms with E-state index in [1.807, 2.05) is 42.6 Å². The second kappa shape index (κ2) is 9.66. The predicted octanol–water partition coefficient (Wildman–Crippen LogP) is 8.21. The number of hydrogen-bond acceptors (Lipinski definition) is 5. The third kappa shape index (κ3) is 4.08. The van der Waals surface area contributed by atoms with Crippen LogP contribution >= 0.6 is 23.5 Å². The highest BCUT2D eigenvalue weighted by molar-refractivity contribution is 8.18. The zero-order valence-corrected chi connectivity index (χ0v) is 24.3. The zero-order valence-electron chi connectivity index (χ0n) is 22.7. The maximum atomic E-state index is 18.1. The lowest BCUT2D eigenvalue weighted by molar-refractivity contribution is -0.209. The van der Waals surface area contributed by atoms with Crippen molar-refractivity contribution in [3.05, 3.63) is 84.5 Å². The van der Waals surface area contributed by atoms with Crippen molar-refractivity contribution < 1.29 is 18.7 Å². The van der Waals surface area contributed by atoms with E-state index >= 15 is 4.39 Å². The summed E-state index contributed by atoms with van der Waals surface area (Å²) in [5.74, 6) is -0.711. The van der Waals surface area contributed by atoms with Gasteiger partial charge in [-0.05, 0) is 86.8 Å². The van der Waals surface area contributed by atoms with Crippen LogP contribution in [0.3, 0.4) is 0 Å². The van der Waals surface area contributed by atoms with Crippen molar-refractivity contribution in [3.8, 4) is 0 Å². The van der Waals surface area contributed by atoms with Crippen molar-refractivity contribution in [1.82, 2.24) is 0 Å². The van der Waals surface area contributed by atoms with Gasteiger partial charge in [-0.15, -0.1) is 23.5 Å². The van der Waals surface area contributed by atoms with Crippen LogP contribution < -0.4 is 0 Å². The molecule has 2 aromatic rings. The van der Waals surface area contributed by atoms with Gasteiger partial charge >= 0.3 is 5.97 Å². The van der Waals surface area contributed by atoms with Gasteiger partial charge in [0.2, 0.25) is 0 Å². The smallest absolute Gasteiger partial charge is 0.303 e. The van der Waals surface area contributed by atoms with E-state index in [1.165, 1.54) is 22.8 Å². The molecule has 0 aromatic heterocycles. The number of rotatable bonds is 5. The highest BCUT2D eigenvalue weighted by Gasteiger charge is 2.74. The van der Waals surface area contributed by atoms with E-state index in [1.54, 1.807) is 12.2 Å². The van der Waals surface area contributed by atoms with Crippen LogP contribution in [0.1, 0.15) is 52.9 Å². The Morgan fingerprint density at radius 1 is 0.949 bits per heavy atom. The Kier molecular flexibility index (Phi) is 6.66. The van der Waals surface area contributed by atoms with E-state index in [0.29, 0.717) is 19.3 Å². The lowest BCUT2D eigenvalue weighted by atomic mass is 9.46. The summed E-state index contributed by atoms with van der Waals surface area (Å²) in [7, 11) is 0. The third-order valence-corrected chi connectivity index (χ3v) is 13.5. The molecule has 6 rings (SSSR count). The fraction of sp³-hybridized carbons (Fsp3) is 0.455. The van der Waals surface area contributed by atoms with E-state index in [2.05, 4.69) is 55.5 Å². The van der Waals surface area contributed by atoms with Crippen LogP contribution in [-0.2, 0) is 14.3 Å². The van der Waals surface area contributed by atoms with Gasteiger partial charge in [-0.2, -0.15) is 0 Å². The van der Waals surface area contributed by atoms with Gasteiger partial charge in [0.25, 0.3) is 0 Å². The molecule has 0 heterocycles. The second-order valence-corrected chi connectivity index (χ2v) is 15.0. The number of thioether (sulfide) groups is 2. The largest absolute Gasteiger partial charge is 0.459 e. The molecule has 6 atom stereocenters. The van der Waals surface area contributed by atoms with Crippen LogP contribution in [-0.4, -0.2) is 27.6 Å². The first-order chi connectivity index (χ1) is 18.6. The summed E-state index contributed by atoms with van der Waals surface area (Å²) in [5, 5.41) is 0. The molecule has 0 bridgehead atoms. The lowest BCUT2D eigenvalue weighted by Gasteiger charge is -2.63. The molecule has 39 heavy (non-hydrogen) atoms. The Balaban J connectivity index is 1.48. The molecule has 204 valence electrons. The first-order valence-corrected chi connectivity index (χ1v) is 15.5. The summed E-state index contributed by atoms with van der Waals surface area (Å²) in [6.07, 6.45) is 7.60. The van der Waals surface area contributed by atoms with E-state index in [-0.39, 0.29) is 27.1 Å². The minimum Gasteiger partial charge on any atom is -0.459 e. The van der Waals surface area contributed by atoms with Crippen molar-refractivity contribution in [2.24, 2.45) is 22.7 Å². The SMILES string of the molecule is CC(=O)O[C@H]1C[C@@]2(C)[C@@H](CCC2(Sc2ccccc2)Sc2ccccc2)[C@@H]2CCC3=CC(=O)C=C[C@]3(C)[C@@]12F. The molecule has 0 N–H and O–H groups in total. The Bertz CT molecular complexity index is 1300. The topological polar surface area (TPSA) is 43.4 Å². The second-order valence-electron chi connectivity index (χ2n) is 12.0. The number of benzene rings is 2. The standard InChI is InChI=1S/C33H35FO3S2/c1-22(35)37-29-21-31(3)27(28-15-14-23-20-24(36)16-18-30(23,2)33(28,29)34)17-19-32(31,38-25-10-6-4-7-11-25)39-26-12-8-5-9-13-26/h4-13,16,18,20,27-29H,14-15,17,19,21H2,1-3H3/t27-,28-,29-,30-,31-,33-/m0/s1. The molecular formula is C33H35FO3S2. The number of allylic oxidation sites excluding steroid dienone is 4. The molecule has 0 spiro atoms. The normalized spacial score (nSPS) is 36.4. The fourth-order valence-corrected chi connectivity index (χ4v) is 11.6. The van der Waals surface area contributed by atoms with Crippen molar-refractivity contribution in [1.29, 1.82) is 0 Å². The number of ether oxygens (including phenoxy) is 1. The van der Waals surface area contributed by atoms with Crippen LogP contribution in [0.4, 0.5) is 4.39 Å². The molecule has 0 radical (unpaired) electrons. The number of fused-ring (bicyclic) bond motifs is 5. The molecule has 3 nitrogen and oxygen atoms in total. The quantitative estimate of drug-likeness (QED) is 0.271. The molecule has 3 saturated carbocycles. The van der Waals surface area contributed by atoms with Crippen molar-refractivity contribution in [2.45, 2.75) is 78.5 Å². The molecule has 6 heteroatoms. The Labute approximate surface area is 239 Å². The molecule has 0 saturated heterocycles. The Hall–Kier alpha value is -2.31. The van der Waals surface area contributed by atoms with Gasteiger partial charge in [-0.1, -0.05) is 55.0 Å². The summed E-state index contributed by atoms with van der Waals surface area (Å²) in [6.45, 7) is 5.61. The van der Waals surface area contributed by atoms with E-state index in [0.717, 1.165) is 18.4 Å². The van der Waals surface area contributed by atoms with Crippen molar-refractivity contribution >= 4 is 35.3 Å². The Morgan fingerprint density at radius 2 is 1.56 bits per heavy atom. The summed E-state index contributed by atoms with van der Waals surface area (Å²) in [4.78, 5) is 27.2. The van der Waals surface area contributed by atoms with Crippen molar-refractivity contribution in [2.75, 3.05) is 0 Å². The molecule has 4 aliphatic rings. The highest BCUT2D eigenvalue weighted by atomic mass is 32.2. The van der Waals surface area contributed by atoms with Crippen LogP contribution in [0, 0.1) is 22.7 Å². The van der Waals surface area contributed by atoms with Crippen LogP contribution in [0.25, 0.3) is 0 Å². The van der Waals surface area contributed by atoms with Crippen molar-refractivity contribution in [3.63, 3.8) is 0 Å². The average Bonchev–Trinajstić information content (AvgIpc) is 3.17. The molecule has 0 amide bonds. The number of alkyl halides is 1. The minimum absolute atomic E-state index is 0.0902. The third-order valence-electron chi connectivity index (χ3n) is 10.0. The van der Waals surface area contributed by atoms with Gasteiger partial charge in [0.05, 0.1) is 4.08 Å². The zero-order chi connectivity index (χ0) is 27.5. The molecular weight excluding hydrogens is 527 g/mol.